The second kappa shape index (κ2) is 9.69. The zero-order valence-electron chi connectivity index (χ0n) is 20.1. The lowest BCUT2D eigenvalue weighted by molar-refractivity contribution is 0.0771. The number of benzene rings is 2. The molecule has 11 heteroatoms. The summed E-state index contributed by atoms with van der Waals surface area (Å²) in [6.07, 6.45) is -2.56. The Morgan fingerprint density at radius 3 is 2.40 bits per heavy atom. The third kappa shape index (κ3) is 4.79. The number of ether oxygens (including phenoxy) is 2. The molecule has 0 radical (unpaired) electrons. The van der Waals surface area contributed by atoms with E-state index >= 15 is 0 Å². The van der Waals surface area contributed by atoms with Crippen molar-refractivity contribution >= 4 is 0 Å². The van der Waals surface area contributed by atoms with Crippen LogP contribution in [0.2, 0.25) is 0 Å². The summed E-state index contributed by atoms with van der Waals surface area (Å²) >= 11 is 0. The van der Waals surface area contributed by atoms with Crippen molar-refractivity contribution in [3.05, 3.63) is 69.1 Å². The van der Waals surface area contributed by atoms with Gasteiger partial charge in [0.25, 0.3) is 6.43 Å². The molecule has 4 aromatic rings. The molecule has 0 N–H and O–H groups in total. The van der Waals surface area contributed by atoms with Crippen LogP contribution >= 0.6 is 0 Å². The van der Waals surface area contributed by atoms with Crippen LogP contribution in [0.3, 0.4) is 0 Å². The van der Waals surface area contributed by atoms with Crippen molar-refractivity contribution in [2.24, 2.45) is 14.1 Å². The van der Waals surface area contributed by atoms with Gasteiger partial charge in [0.15, 0.2) is 6.61 Å². The second-order valence-electron chi connectivity index (χ2n) is 8.24. The molecule has 0 atom stereocenters. The summed E-state index contributed by atoms with van der Waals surface area (Å²) in [5, 5.41) is 12.2. The summed E-state index contributed by atoms with van der Waals surface area (Å²) < 4.78 is 40.4. The van der Waals surface area contributed by atoms with E-state index in [0.717, 1.165) is 22.3 Å². The first-order chi connectivity index (χ1) is 16.7. The maximum absolute atomic E-state index is 12.6. The molecular weight excluding hydrogens is 458 g/mol. The van der Waals surface area contributed by atoms with Gasteiger partial charge in [-0.15, -0.1) is 0 Å². The molecule has 9 nitrogen and oxygen atoms in total. The number of tetrazole rings is 1. The number of nitrogens with zero attached hydrogens (tertiary/aromatic N) is 6. The lowest BCUT2D eigenvalue weighted by Gasteiger charge is -2.14. The molecular formula is C24H26F2N6O3. The Kier molecular flexibility index (Phi) is 6.68. The molecule has 0 fully saturated rings. The van der Waals surface area contributed by atoms with Crippen molar-refractivity contribution < 1.29 is 18.3 Å². The van der Waals surface area contributed by atoms with Gasteiger partial charge in [-0.3, -0.25) is 0 Å². The number of rotatable bonds is 8. The highest BCUT2D eigenvalue weighted by molar-refractivity contribution is 5.67. The van der Waals surface area contributed by atoms with Crippen LogP contribution in [0, 0.1) is 20.8 Å². The Hall–Kier alpha value is -4.02. The molecule has 0 saturated carbocycles. The summed E-state index contributed by atoms with van der Waals surface area (Å²) in [6.45, 7) is 5.18. The molecule has 0 saturated heterocycles. The Morgan fingerprint density at radius 1 is 0.971 bits per heavy atom. The molecule has 0 aliphatic heterocycles. The largest absolute Gasteiger partial charge is 0.489 e. The molecule has 0 aliphatic rings. The molecule has 0 unspecified atom stereocenters. The van der Waals surface area contributed by atoms with Gasteiger partial charge in [-0.05, 0) is 66.6 Å². The van der Waals surface area contributed by atoms with E-state index in [1.807, 2.05) is 44.2 Å². The Labute approximate surface area is 200 Å². The number of aromatic nitrogens is 6. The van der Waals surface area contributed by atoms with Crippen LogP contribution in [0.1, 0.15) is 22.3 Å². The fourth-order valence-corrected chi connectivity index (χ4v) is 3.88. The number of hydrogen-bond donors (Lipinski definition) is 0. The van der Waals surface area contributed by atoms with E-state index in [9.17, 15) is 13.6 Å². The molecule has 0 bridgehead atoms. The molecule has 2 aromatic heterocycles. The maximum atomic E-state index is 12.6. The first-order valence-electron chi connectivity index (χ1n) is 10.9. The van der Waals surface area contributed by atoms with Crippen molar-refractivity contribution in [3.8, 4) is 28.6 Å². The lowest BCUT2D eigenvalue weighted by Crippen LogP contribution is -2.23. The predicted octanol–water partition coefficient (Wildman–Crippen LogP) is 3.51. The van der Waals surface area contributed by atoms with Crippen molar-refractivity contribution in [1.29, 1.82) is 0 Å². The van der Waals surface area contributed by atoms with Gasteiger partial charge in [-0.1, -0.05) is 12.1 Å². The fourth-order valence-electron chi connectivity index (χ4n) is 3.88. The molecule has 184 valence electrons. The fraction of sp³-hybridized carbons (Fsp3) is 0.333. The summed E-state index contributed by atoms with van der Waals surface area (Å²) in [6, 6.07) is 11.2. The molecule has 4 rings (SSSR count). The summed E-state index contributed by atoms with van der Waals surface area (Å²) in [5.74, 6) is 0.974. The summed E-state index contributed by atoms with van der Waals surface area (Å²) in [5.41, 5.74) is 5.05. The van der Waals surface area contributed by atoms with Gasteiger partial charge in [-0.2, -0.15) is 14.5 Å². The zero-order chi connectivity index (χ0) is 25.3. The molecule has 0 aliphatic carbocycles. The SMILES string of the molecule is Cc1cc(-c2nn(C)c(OCC(F)F)c2C)ccc1OCc1c(C)cccc1-n1nnn(C)c1=O. The van der Waals surface area contributed by atoms with Gasteiger partial charge < -0.3 is 9.47 Å². The Morgan fingerprint density at radius 2 is 1.74 bits per heavy atom. The van der Waals surface area contributed by atoms with E-state index in [4.69, 9.17) is 9.47 Å². The minimum Gasteiger partial charge on any atom is -0.489 e. The molecule has 35 heavy (non-hydrogen) atoms. The van der Waals surface area contributed by atoms with Crippen molar-refractivity contribution in [1.82, 2.24) is 29.6 Å². The van der Waals surface area contributed by atoms with Crippen LogP contribution in [0.15, 0.2) is 41.2 Å². The van der Waals surface area contributed by atoms with Gasteiger partial charge in [0.2, 0.25) is 5.88 Å². The maximum Gasteiger partial charge on any atom is 0.368 e. The predicted molar refractivity (Wildman–Crippen MR) is 125 cm³/mol. The summed E-state index contributed by atoms with van der Waals surface area (Å²) in [7, 11) is 3.20. The topological polar surface area (TPSA) is 89.0 Å². The summed E-state index contributed by atoms with van der Waals surface area (Å²) in [4.78, 5) is 12.4. The van der Waals surface area contributed by atoms with E-state index in [1.54, 1.807) is 27.1 Å². The van der Waals surface area contributed by atoms with Gasteiger partial charge >= 0.3 is 5.69 Å². The highest BCUT2D eigenvalue weighted by atomic mass is 19.3. The highest BCUT2D eigenvalue weighted by Gasteiger charge is 2.18. The lowest BCUT2D eigenvalue weighted by atomic mass is 10.0. The standard InChI is InChI=1S/C24H26F2N6O3/c1-14-7-6-8-19(32-24(33)31(5)28-29-32)18(14)12-34-20-10-9-17(11-15(20)2)22-16(3)23(30(4)27-22)35-13-21(25)26/h6-11,21H,12-13H2,1-5H3. The molecule has 0 spiro atoms. The average Bonchev–Trinajstić information content (AvgIpc) is 3.29. The van der Waals surface area contributed by atoms with Crippen LogP contribution in [0.5, 0.6) is 11.6 Å². The van der Waals surface area contributed by atoms with E-state index in [0.29, 0.717) is 28.6 Å². The number of hydrogen-bond acceptors (Lipinski definition) is 6. The zero-order valence-corrected chi connectivity index (χ0v) is 20.1. The van der Waals surface area contributed by atoms with Crippen LogP contribution < -0.4 is 15.2 Å². The first-order valence-corrected chi connectivity index (χ1v) is 10.9. The quantitative estimate of drug-likeness (QED) is 0.380. The Balaban J connectivity index is 1.58. The van der Waals surface area contributed by atoms with Crippen LogP contribution in [0.4, 0.5) is 8.78 Å². The van der Waals surface area contributed by atoms with E-state index in [-0.39, 0.29) is 12.3 Å². The normalized spacial score (nSPS) is 11.3. The third-order valence-electron chi connectivity index (χ3n) is 5.72. The van der Waals surface area contributed by atoms with Gasteiger partial charge in [0.05, 0.1) is 11.4 Å². The van der Waals surface area contributed by atoms with Crippen molar-refractivity contribution in [3.63, 3.8) is 0 Å². The Bertz CT molecular complexity index is 1420. The van der Waals surface area contributed by atoms with Crippen LogP contribution in [-0.2, 0) is 20.7 Å². The van der Waals surface area contributed by atoms with Gasteiger partial charge in [-0.25, -0.2) is 18.3 Å². The van der Waals surface area contributed by atoms with E-state index < -0.39 is 13.0 Å². The molecule has 2 aromatic carbocycles. The minimum atomic E-state index is -2.56. The number of halogens is 2. The number of alkyl halides is 2. The number of aryl methyl sites for hydroxylation is 4. The smallest absolute Gasteiger partial charge is 0.368 e. The minimum absolute atomic E-state index is 0.222. The third-order valence-corrected chi connectivity index (χ3v) is 5.72. The van der Waals surface area contributed by atoms with E-state index in [2.05, 4.69) is 15.5 Å². The van der Waals surface area contributed by atoms with Crippen molar-refractivity contribution in [2.45, 2.75) is 33.8 Å². The molecule has 0 amide bonds. The van der Waals surface area contributed by atoms with Gasteiger partial charge in [0, 0.05) is 30.8 Å². The van der Waals surface area contributed by atoms with Crippen LogP contribution in [0.25, 0.3) is 16.9 Å². The first kappa shape index (κ1) is 24.1. The van der Waals surface area contributed by atoms with Crippen molar-refractivity contribution in [2.75, 3.05) is 6.61 Å². The van der Waals surface area contributed by atoms with E-state index in [1.165, 1.54) is 14.0 Å². The monoisotopic (exact) mass is 484 g/mol. The molecule has 2 heterocycles. The second-order valence-corrected chi connectivity index (χ2v) is 8.24. The average molecular weight is 485 g/mol. The highest BCUT2D eigenvalue weighted by Crippen LogP contribution is 2.32. The van der Waals surface area contributed by atoms with Crippen LogP contribution in [-0.4, -0.2) is 42.6 Å². The van der Waals surface area contributed by atoms with Gasteiger partial charge in [0.1, 0.15) is 12.4 Å².